The summed E-state index contributed by atoms with van der Waals surface area (Å²) in [5, 5.41) is 0. The number of halogens is 1. The lowest BCUT2D eigenvalue weighted by atomic mass is 10.2. The van der Waals surface area contributed by atoms with E-state index in [-0.39, 0.29) is 16.2 Å². The molecule has 0 bridgehead atoms. The first-order chi connectivity index (χ1) is 9.07. The molecule has 19 heavy (non-hydrogen) atoms. The molecule has 0 amide bonds. The number of alkyl halides is 1. The number of hydrogen-bond donors (Lipinski definition) is 0. The van der Waals surface area contributed by atoms with Gasteiger partial charge >= 0.3 is 0 Å². The zero-order valence-corrected chi connectivity index (χ0v) is 10.5. The van der Waals surface area contributed by atoms with Crippen molar-refractivity contribution >= 4 is 16.1 Å². The van der Waals surface area contributed by atoms with Crippen molar-refractivity contribution in [2.75, 3.05) is 0 Å². The average molecular weight is 279 g/mol. The summed E-state index contributed by atoms with van der Waals surface area (Å²) in [5.74, 6) is 0. The molecule has 0 spiro atoms. The maximum atomic E-state index is 14.2. The third-order valence-corrected chi connectivity index (χ3v) is 4.25. The third kappa shape index (κ3) is 2.53. The molecule has 4 nitrogen and oxygen atoms in total. The number of aldehydes is 1. The number of aromatic nitrogens is 1. The molecule has 1 aromatic heterocycles. The topological polar surface area (TPSA) is 64.1 Å². The number of hydrogen-bond acceptors (Lipinski definition) is 4. The Bertz CT molecular complexity index is 686. The Balaban J connectivity index is 2.50. The monoisotopic (exact) mass is 279 g/mol. The van der Waals surface area contributed by atoms with Crippen LogP contribution in [0.5, 0.6) is 0 Å². The van der Waals surface area contributed by atoms with Gasteiger partial charge < -0.3 is 0 Å². The molecule has 0 radical (unpaired) electrons. The Hall–Kier alpha value is -2.08. The normalized spacial score (nSPS) is 12.9. The van der Waals surface area contributed by atoms with Crippen molar-refractivity contribution in [1.82, 2.24) is 4.98 Å². The molecule has 6 heteroatoms. The number of pyridine rings is 1. The standard InChI is InChI=1S/C13H10FNO3S/c14-13(12-10(9-16)5-4-8-15-12)19(17,18)11-6-2-1-3-7-11/h1-9,13H. The average Bonchev–Trinajstić information content (AvgIpc) is 2.47. The molecule has 98 valence electrons. The van der Waals surface area contributed by atoms with Crippen molar-refractivity contribution in [2.24, 2.45) is 0 Å². The van der Waals surface area contributed by atoms with Crippen molar-refractivity contribution < 1.29 is 17.6 Å². The first kappa shape index (κ1) is 13.4. The third-order valence-electron chi connectivity index (χ3n) is 2.56. The second-order valence-electron chi connectivity index (χ2n) is 3.77. The van der Waals surface area contributed by atoms with Gasteiger partial charge in [-0.2, -0.15) is 0 Å². The minimum Gasteiger partial charge on any atom is -0.298 e. The SMILES string of the molecule is O=Cc1cccnc1C(F)S(=O)(=O)c1ccccc1. The number of rotatable bonds is 4. The summed E-state index contributed by atoms with van der Waals surface area (Å²) in [6.45, 7) is 0. The molecule has 2 rings (SSSR count). The highest BCUT2D eigenvalue weighted by Gasteiger charge is 2.31. The molecule has 1 aromatic carbocycles. The Morgan fingerprint density at radius 2 is 1.79 bits per heavy atom. The van der Waals surface area contributed by atoms with Gasteiger partial charge in [0.2, 0.25) is 15.3 Å². The molecule has 0 aliphatic rings. The van der Waals surface area contributed by atoms with Crippen LogP contribution in [0.4, 0.5) is 4.39 Å². The lowest BCUT2D eigenvalue weighted by molar-refractivity contribution is 0.112. The minimum atomic E-state index is -4.21. The Labute approximate surface area is 109 Å². The van der Waals surface area contributed by atoms with Crippen molar-refractivity contribution in [2.45, 2.75) is 10.4 Å². The van der Waals surface area contributed by atoms with E-state index in [1.165, 1.54) is 42.6 Å². The van der Waals surface area contributed by atoms with E-state index in [2.05, 4.69) is 4.98 Å². The van der Waals surface area contributed by atoms with Crippen LogP contribution >= 0.6 is 0 Å². The van der Waals surface area contributed by atoms with E-state index in [0.717, 1.165) is 0 Å². The fourth-order valence-corrected chi connectivity index (χ4v) is 2.86. The summed E-state index contributed by atoms with van der Waals surface area (Å²) in [4.78, 5) is 14.3. The quantitative estimate of drug-likeness (QED) is 0.806. The molecule has 0 saturated carbocycles. The van der Waals surface area contributed by atoms with Crippen LogP contribution in [-0.4, -0.2) is 19.7 Å². The van der Waals surface area contributed by atoms with Crippen LogP contribution in [0, 0.1) is 0 Å². The molecule has 1 unspecified atom stereocenters. The predicted molar refractivity (Wildman–Crippen MR) is 67.1 cm³/mol. The maximum Gasteiger partial charge on any atom is 0.247 e. The van der Waals surface area contributed by atoms with Crippen molar-refractivity contribution in [3.63, 3.8) is 0 Å². The van der Waals surface area contributed by atoms with E-state index in [1.807, 2.05) is 0 Å². The summed E-state index contributed by atoms with van der Waals surface area (Å²) in [6.07, 6.45) is 1.63. The maximum absolute atomic E-state index is 14.2. The first-order valence-electron chi connectivity index (χ1n) is 5.40. The minimum absolute atomic E-state index is 0.0745. The fraction of sp³-hybridized carbons (Fsp3) is 0.0769. The van der Waals surface area contributed by atoms with Gasteiger partial charge in [0.1, 0.15) is 5.69 Å². The smallest absolute Gasteiger partial charge is 0.247 e. The van der Waals surface area contributed by atoms with Gasteiger partial charge in [0.05, 0.1) is 4.90 Å². The van der Waals surface area contributed by atoms with Gasteiger partial charge in [-0.1, -0.05) is 18.2 Å². The van der Waals surface area contributed by atoms with Crippen molar-refractivity contribution in [1.29, 1.82) is 0 Å². The number of benzene rings is 1. The summed E-state index contributed by atoms with van der Waals surface area (Å²) in [7, 11) is -4.21. The van der Waals surface area contributed by atoms with Crippen LogP contribution in [0.3, 0.4) is 0 Å². The van der Waals surface area contributed by atoms with Gasteiger partial charge in [0.25, 0.3) is 0 Å². The van der Waals surface area contributed by atoms with Crippen molar-refractivity contribution in [3.05, 3.63) is 59.9 Å². The summed E-state index contributed by atoms with van der Waals surface area (Å²) >= 11 is 0. The van der Waals surface area contributed by atoms with Crippen LogP contribution in [-0.2, 0) is 9.84 Å². The molecule has 0 aliphatic heterocycles. The first-order valence-corrected chi connectivity index (χ1v) is 6.95. The molecular formula is C13H10FNO3S. The number of carbonyl (C=O) groups excluding carboxylic acids is 1. The van der Waals surface area contributed by atoms with E-state index in [1.54, 1.807) is 6.07 Å². The van der Waals surface area contributed by atoms with Crippen LogP contribution in [0.1, 0.15) is 21.6 Å². The van der Waals surface area contributed by atoms with Gasteiger partial charge in [0.15, 0.2) is 6.29 Å². The highest BCUT2D eigenvalue weighted by molar-refractivity contribution is 7.91. The zero-order valence-electron chi connectivity index (χ0n) is 9.73. The van der Waals surface area contributed by atoms with Gasteiger partial charge in [-0.05, 0) is 24.3 Å². The van der Waals surface area contributed by atoms with Gasteiger partial charge in [-0.3, -0.25) is 9.78 Å². The van der Waals surface area contributed by atoms with E-state index < -0.39 is 15.3 Å². The molecule has 0 N–H and O–H groups in total. The van der Waals surface area contributed by atoms with Crippen LogP contribution in [0.25, 0.3) is 0 Å². The molecule has 1 atom stereocenters. The number of nitrogens with zero attached hydrogens (tertiary/aromatic N) is 1. The molecule has 0 aliphatic carbocycles. The summed E-state index contributed by atoms with van der Waals surface area (Å²) in [6, 6.07) is 9.98. The van der Waals surface area contributed by atoms with Crippen LogP contribution < -0.4 is 0 Å². The lowest BCUT2D eigenvalue weighted by Gasteiger charge is -2.10. The molecular weight excluding hydrogens is 269 g/mol. The predicted octanol–water partition coefficient (Wildman–Crippen LogP) is 2.34. The van der Waals surface area contributed by atoms with Crippen LogP contribution in [0.15, 0.2) is 53.6 Å². The largest absolute Gasteiger partial charge is 0.298 e. The molecule has 0 saturated heterocycles. The van der Waals surface area contributed by atoms with Gasteiger partial charge in [-0.25, -0.2) is 12.8 Å². The summed E-state index contributed by atoms with van der Waals surface area (Å²) in [5.41, 5.74) is -2.83. The molecule has 1 heterocycles. The molecule has 2 aromatic rings. The number of carbonyl (C=O) groups is 1. The van der Waals surface area contributed by atoms with E-state index in [4.69, 9.17) is 0 Å². The fourth-order valence-electron chi connectivity index (χ4n) is 1.60. The Morgan fingerprint density at radius 3 is 2.42 bits per heavy atom. The zero-order chi connectivity index (χ0) is 13.9. The van der Waals surface area contributed by atoms with E-state index in [0.29, 0.717) is 6.29 Å². The number of sulfone groups is 1. The Kier molecular flexibility index (Phi) is 3.71. The summed E-state index contributed by atoms with van der Waals surface area (Å²) < 4.78 is 38.4. The van der Waals surface area contributed by atoms with E-state index >= 15 is 0 Å². The highest BCUT2D eigenvalue weighted by atomic mass is 32.2. The second-order valence-corrected chi connectivity index (χ2v) is 5.75. The molecule has 0 fully saturated rings. The Morgan fingerprint density at radius 1 is 1.11 bits per heavy atom. The lowest BCUT2D eigenvalue weighted by Crippen LogP contribution is -2.12. The van der Waals surface area contributed by atoms with Gasteiger partial charge in [-0.15, -0.1) is 0 Å². The van der Waals surface area contributed by atoms with E-state index in [9.17, 15) is 17.6 Å². The highest BCUT2D eigenvalue weighted by Crippen LogP contribution is 2.30. The van der Waals surface area contributed by atoms with Crippen molar-refractivity contribution in [3.8, 4) is 0 Å². The second kappa shape index (κ2) is 5.27. The van der Waals surface area contributed by atoms with Crippen LogP contribution in [0.2, 0.25) is 0 Å². The van der Waals surface area contributed by atoms with Gasteiger partial charge in [0, 0.05) is 11.8 Å².